The van der Waals surface area contributed by atoms with Gasteiger partial charge in [-0.25, -0.2) is 8.42 Å². The van der Waals surface area contributed by atoms with Crippen molar-refractivity contribution in [3.63, 3.8) is 0 Å². The van der Waals surface area contributed by atoms with Gasteiger partial charge in [-0.3, -0.25) is 4.79 Å². The number of ether oxygens (including phenoxy) is 3. The van der Waals surface area contributed by atoms with Gasteiger partial charge in [0, 0.05) is 25.4 Å². The van der Waals surface area contributed by atoms with Crippen molar-refractivity contribution in [2.45, 2.75) is 51.0 Å². The molecule has 0 saturated carbocycles. The zero-order valence-corrected chi connectivity index (χ0v) is 18.3. The lowest BCUT2D eigenvalue weighted by Crippen LogP contribution is -2.31. The number of carbonyl (C=O) groups is 1. The molecule has 9 heteroatoms. The van der Waals surface area contributed by atoms with Crippen molar-refractivity contribution in [1.82, 2.24) is 4.31 Å². The zero-order valence-electron chi connectivity index (χ0n) is 17.5. The van der Waals surface area contributed by atoms with Crippen molar-refractivity contribution in [3.8, 4) is 5.75 Å². The minimum Gasteiger partial charge on any atom is -0.492 e. The molecule has 1 heterocycles. The Balaban J connectivity index is 2.02. The summed E-state index contributed by atoms with van der Waals surface area (Å²) in [7, 11) is -3.72. The van der Waals surface area contributed by atoms with Gasteiger partial charge in [-0.2, -0.15) is 4.31 Å². The molecule has 1 aliphatic heterocycles. The summed E-state index contributed by atoms with van der Waals surface area (Å²) >= 11 is 0. The molecule has 29 heavy (non-hydrogen) atoms. The van der Waals surface area contributed by atoms with E-state index in [1.54, 1.807) is 32.9 Å². The van der Waals surface area contributed by atoms with Crippen LogP contribution in [-0.4, -0.2) is 64.3 Å². The molecule has 1 saturated heterocycles. The number of carbonyl (C=O) groups excluding carboxylic acids is 1. The summed E-state index contributed by atoms with van der Waals surface area (Å²) < 4.78 is 43.8. The van der Waals surface area contributed by atoms with Crippen molar-refractivity contribution in [2.75, 3.05) is 44.8 Å². The number of hydrogen-bond donors (Lipinski definition) is 1. The predicted molar refractivity (Wildman–Crippen MR) is 111 cm³/mol. The fourth-order valence-corrected chi connectivity index (χ4v) is 4.76. The van der Waals surface area contributed by atoms with Crippen LogP contribution in [-0.2, 0) is 24.3 Å². The highest BCUT2D eigenvalue weighted by Gasteiger charge is 2.26. The smallest absolute Gasteiger partial charge is 0.246 e. The molecule has 164 valence electrons. The largest absolute Gasteiger partial charge is 0.492 e. The molecule has 1 amide bonds. The van der Waals surface area contributed by atoms with E-state index in [0.29, 0.717) is 32.0 Å². The maximum atomic E-state index is 13.0. The number of nitrogens with one attached hydrogen (secondary N) is 1. The maximum absolute atomic E-state index is 13.0. The Labute approximate surface area is 173 Å². The average Bonchev–Trinajstić information content (AvgIpc) is 3.21. The van der Waals surface area contributed by atoms with E-state index in [1.165, 1.54) is 10.4 Å². The Morgan fingerprint density at radius 2 is 2.03 bits per heavy atom. The summed E-state index contributed by atoms with van der Waals surface area (Å²) in [5, 5.41) is 2.74. The summed E-state index contributed by atoms with van der Waals surface area (Å²) in [6, 6.07) is 4.66. The summed E-state index contributed by atoms with van der Waals surface area (Å²) in [5.74, 6) is 0.0324. The Morgan fingerprint density at radius 1 is 1.28 bits per heavy atom. The van der Waals surface area contributed by atoms with Crippen LogP contribution in [0.15, 0.2) is 23.1 Å². The first-order valence-electron chi connectivity index (χ1n) is 10.2. The van der Waals surface area contributed by atoms with E-state index in [2.05, 4.69) is 5.32 Å². The monoisotopic (exact) mass is 428 g/mol. The van der Waals surface area contributed by atoms with Crippen LogP contribution < -0.4 is 10.1 Å². The van der Waals surface area contributed by atoms with Crippen LogP contribution in [0.3, 0.4) is 0 Å². The molecule has 1 aromatic rings. The Kier molecular flexibility index (Phi) is 9.35. The van der Waals surface area contributed by atoms with Gasteiger partial charge in [-0.1, -0.05) is 13.8 Å². The number of hydrogen-bond acceptors (Lipinski definition) is 6. The summed E-state index contributed by atoms with van der Waals surface area (Å²) in [4.78, 5) is 12.3. The normalized spacial score (nSPS) is 16.9. The van der Waals surface area contributed by atoms with Crippen LogP contribution >= 0.6 is 0 Å². The van der Waals surface area contributed by atoms with Crippen LogP contribution in [0.1, 0.15) is 40.0 Å². The second-order valence-electron chi connectivity index (χ2n) is 6.69. The average molecular weight is 429 g/mol. The van der Waals surface area contributed by atoms with Gasteiger partial charge in [0.25, 0.3) is 0 Å². The SMILES string of the molecule is CCOc1ccc(NC(=O)CCOCC2CCCO2)cc1S(=O)(=O)N(CC)CC. The molecule has 0 spiro atoms. The Morgan fingerprint density at radius 3 is 2.66 bits per heavy atom. The molecule has 1 atom stereocenters. The lowest BCUT2D eigenvalue weighted by Gasteiger charge is -2.21. The number of sulfonamides is 1. The maximum Gasteiger partial charge on any atom is 0.246 e. The van der Waals surface area contributed by atoms with Crippen LogP contribution in [0.25, 0.3) is 0 Å². The summed E-state index contributed by atoms with van der Waals surface area (Å²) in [6.45, 7) is 7.94. The van der Waals surface area contributed by atoms with Crippen molar-refractivity contribution in [3.05, 3.63) is 18.2 Å². The van der Waals surface area contributed by atoms with Crippen LogP contribution in [0.5, 0.6) is 5.75 Å². The predicted octanol–water partition coefficient (Wildman–Crippen LogP) is 2.64. The number of anilines is 1. The molecule has 0 radical (unpaired) electrons. The van der Waals surface area contributed by atoms with Gasteiger partial charge in [-0.15, -0.1) is 0 Å². The first-order valence-corrected chi connectivity index (χ1v) is 11.6. The second kappa shape index (κ2) is 11.5. The van der Waals surface area contributed by atoms with Crippen LogP contribution in [0, 0.1) is 0 Å². The molecule has 0 aliphatic carbocycles. The van der Waals surface area contributed by atoms with E-state index in [1.807, 2.05) is 0 Å². The number of nitrogens with zero attached hydrogens (tertiary/aromatic N) is 1. The minimum atomic E-state index is -3.72. The van der Waals surface area contributed by atoms with Gasteiger partial charge >= 0.3 is 0 Å². The molecular formula is C20H32N2O6S. The summed E-state index contributed by atoms with van der Waals surface area (Å²) in [5.41, 5.74) is 0.406. The Bertz CT molecular complexity index is 758. The third-order valence-electron chi connectivity index (χ3n) is 4.65. The quantitative estimate of drug-likeness (QED) is 0.515. The molecule has 2 rings (SSSR count). The van der Waals surface area contributed by atoms with E-state index in [4.69, 9.17) is 14.2 Å². The van der Waals surface area contributed by atoms with Gasteiger partial charge < -0.3 is 19.5 Å². The van der Waals surface area contributed by atoms with Crippen molar-refractivity contribution >= 4 is 21.6 Å². The minimum absolute atomic E-state index is 0.0514. The first kappa shape index (κ1) is 23.6. The van der Waals surface area contributed by atoms with Crippen LogP contribution in [0.4, 0.5) is 5.69 Å². The van der Waals surface area contributed by atoms with Crippen LogP contribution in [0.2, 0.25) is 0 Å². The topological polar surface area (TPSA) is 94.2 Å². The lowest BCUT2D eigenvalue weighted by atomic mass is 10.2. The van der Waals surface area contributed by atoms with E-state index in [-0.39, 0.29) is 35.7 Å². The molecular weight excluding hydrogens is 396 g/mol. The lowest BCUT2D eigenvalue weighted by molar-refractivity contribution is -0.117. The third-order valence-corrected chi connectivity index (χ3v) is 6.72. The highest BCUT2D eigenvalue weighted by atomic mass is 32.2. The van der Waals surface area contributed by atoms with E-state index in [9.17, 15) is 13.2 Å². The van der Waals surface area contributed by atoms with E-state index >= 15 is 0 Å². The van der Waals surface area contributed by atoms with E-state index < -0.39 is 10.0 Å². The molecule has 1 N–H and O–H groups in total. The molecule has 1 aliphatic rings. The summed E-state index contributed by atoms with van der Waals surface area (Å²) in [6.07, 6.45) is 2.34. The van der Waals surface area contributed by atoms with Gasteiger partial charge in [-0.05, 0) is 38.0 Å². The van der Waals surface area contributed by atoms with Crippen molar-refractivity contribution < 1.29 is 27.4 Å². The fourth-order valence-electron chi connectivity index (χ4n) is 3.14. The highest BCUT2D eigenvalue weighted by molar-refractivity contribution is 7.89. The molecule has 8 nitrogen and oxygen atoms in total. The molecule has 1 aromatic carbocycles. The number of amides is 1. The third kappa shape index (κ3) is 6.67. The molecule has 0 bridgehead atoms. The van der Waals surface area contributed by atoms with Gasteiger partial charge in [0.05, 0.1) is 32.3 Å². The fraction of sp³-hybridized carbons (Fsp3) is 0.650. The number of benzene rings is 1. The van der Waals surface area contributed by atoms with Gasteiger partial charge in [0.1, 0.15) is 10.6 Å². The van der Waals surface area contributed by atoms with Crippen molar-refractivity contribution in [1.29, 1.82) is 0 Å². The van der Waals surface area contributed by atoms with Gasteiger partial charge in [0.15, 0.2) is 0 Å². The first-order chi connectivity index (χ1) is 13.9. The molecule has 0 aromatic heterocycles. The molecule has 1 fully saturated rings. The van der Waals surface area contributed by atoms with Crippen molar-refractivity contribution in [2.24, 2.45) is 0 Å². The standard InChI is InChI=1S/C20H32N2O6S/c1-4-22(5-2)29(24,25)19-14-16(9-10-18(19)27-6-3)21-20(23)11-13-26-15-17-8-7-12-28-17/h9-10,14,17H,4-8,11-13,15H2,1-3H3,(H,21,23). The second-order valence-corrected chi connectivity index (χ2v) is 8.60. The van der Waals surface area contributed by atoms with Gasteiger partial charge in [0.2, 0.25) is 15.9 Å². The van der Waals surface area contributed by atoms with E-state index in [0.717, 1.165) is 19.4 Å². The Hall–Kier alpha value is -1.68. The molecule has 1 unspecified atom stereocenters. The number of rotatable bonds is 12. The zero-order chi connectivity index (χ0) is 21.3. The highest BCUT2D eigenvalue weighted by Crippen LogP contribution is 2.30.